The minimum atomic E-state index is -0.700. The third-order valence-corrected chi connectivity index (χ3v) is 12.4. The summed E-state index contributed by atoms with van der Waals surface area (Å²) in [5.41, 5.74) is 3.89. The third kappa shape index (κ3) is 6.78. The fraction of sp³-hybridized carbons (Fsp3) is 0.512. The molecule has 4 aromatic rings. The Morgan fingerprint density at radius 3 is 2.13 bits per heavy atom. The lowest BCUT2D eigenvalue weighted by molar-refractivity contribution is -0.136. The maximum Gasteiger partial charge on any atom is 0.407 e. The summed E-state index contributed by atoms with van der Waals surface area (Å²) in [6.07, 6.45) is 10.5. The second-order valence-electron chi connectivity index (χ2n) is 15.9. The van der Waals surface area contributed by atoms with Gasteiger partial charge in [-0.25, -0.2) is 14.8 Å². The van der Waals surface area contributed by atoms with Gasteiger partial charge in [0.05, 0.1) is 19.5 Å². The van der Waals surface area contributed by atoms with E-state index >= 15 is 0 Å². The summed E-state index contributed by atoms with van der Waals surface area (Å²) in [6.45, 7) is 9.49. The molecule has 5 atom stereocenters. The van der Waals surface area contributed by atoms with E-state index in [-0.39, 0.29) is 35.2 Å². The fourth-order valence-electron chi connectivity index (χ4n) is 8.60. The summed E-state index contributed by atoms with van der Waals surface area (Å²) in [4.78, 5) is 52.0. The molecule has 1 N–H and O–H groups in total. The minimum Gasteiger partial charge on any atom is -0.457 e. The number of benzene rings is 2. The van der Waals surface area contributed by atoms with Crippen LogP contribution in [0.25, 0.3) is 22.6 Å². The SMILES string of the molecule is CCC(C)CC(=O)N1CCCC1c1ncc(-c2ccc3c(c2)Oc2ccc(-c4cnc(C5CCCN5C(=O)C(NC(=O)OC)C(C)CC)o4)cc2C32CC2)o1. The van der Waals surface area contributed by atoms with E-state index < -0.39 is 12.1 Å². The molecule has 0 bridgehead atoms. The minimum absolute atomic E-state index is 0.0719. The molecular weight excluding hydrogens is 699 g/mol. The van der Waals surface area contributed by atoms with Crippen molar-refractivity contribution in [1.82, 2.24) is 25.1 Å². The number of rotatable bonds is 11. The molecule has 3 fully saturated rings. The Bertz CT molecular complexity index is 2080. The number of hydrogen-bond acceptors (Lipinski definition) is 9. The van der Waals surface area contributed by atoms with Crippen LogP contribution in [0, 0.1) is 11.8 Å². The van der Waals surface area contributed by atoms with Crippen LogP contribution in [0.4, 0.5) is 4.79 Å². The number of likely N-dealkylation sites (tertiary alicyclic amines) is 2. The Hall–Kier alpha value is -5.13. The first-order valence-electron chi connectivity index (χ1n) is 20.0. The molecule has 2 saturated heterocycles. The smallest absolute Gasteiger partial charge is 0.407 e. The average molecular weight is 750 g/mol. The largest absolute Gasteiger partial charge is 0.457 e. The van der Waals surface area contributed by atoms with E-state index in [4.69, 9.17) is 18.3 Å². The van der Waals surface area contributed by atoms with Gasteiger partial charge in [0.25, 0.3) is 0 Å². The highest BCUT2D eigenvalue weighted by Crippen LogP contribution is 2.62. The van der Waals surface area contributed by atoms with Gasteiger partial charge in [0.2, 0.25) is 23.6 Å². The van der Waals surface area contributed by atoms with Crippen LogP contribution >= 0.6 is 0 Å². The van der Waals surface area contributed by atoms with Crippen molar-refractivity contribution in [3.8, 4) is 34.1 Å². The van der Waals surface area contributed by atoms with Crippen molar-refractivity contribution >= 4 is 17.9 Å². The highest BCUT2D eigenvalue weighted by Gasteiger charge is 2.52. The van der Waals surface area contributed by atoms with Gasteiger partial charge in [0.1, 0.15) is 29.6 Å². The summed E-state index contributed by atoms with van der Waals surface area (Å²) in [7, 11) is 1.30. The van der Waals surface area contributed by atoms with Crippen LogP contribution in [0.2, 0.25) is 0 Å². The van der Waals surface area contributed by atoms with Gasteiger partial charge in [-0.15, -0.1) is 0 Å². The zero-order chi connectivity index (χ0) is 38.4. The molecule has 0 radical (unpaired) electrons. The lowest BCUT2D eigenvalue weighted by atomic mass is 9.83. The first-order valence-corrected chi connectivity index (χ1v) is 20.0. The van der Waals surface area contributed by atoms with Crippen molar-refractivity contribution in [1.29, 1.82) is 0 Å². The number of nitrogens with zero attached hydrogens (tertiary/aromatic N) is 4. The molecule has 55 heavy (non-hydrogen) atoms. The van der Waals surface area contributed by atoms with E-state index in [1.807, 2.05) is 36.9 Å². The van der Waals surface area contributed by atoms with E-state index in [0.29, 0.717) is 42.2 Å². The molecule has 12 nitrogen and oxygen atoms in total. The summed E-state index contributed by atoms with van der Waals surface area (Å²) >= 11 is 0. The number of hydrogen-bond donors (Lipinski definition) is 1. The molecule has 1 saturated carbocycles. The van der Waals surface area contributed by atoms with Crippen LogP contribution in [-0.4, -0.2) is 63.9 Å². The predicted octanol–water partition coefficient (Wildman–Crippen LogP) is 8.72. The van der Waals surface area contributed by atoms with Gasteiger partial charge in [-0.05, 0) is 74.6 Å². The van der Waals surface area contributed by atoms with Gasteiger partial charge in [0, 0.05) is 47.2 Å². The zero-order valence-corrected chi connectivity index (χ0v) is 32.4. The summed E-state index contributed by atoms with van der Waals surface area (Å²) in [6, 6.07) is 11.3. The maximum absolute atomic E-state index is 13.8. The Morgan fingerprint density at radius 1 is 0.855 bits per heavy atom. The van der Waals surface area contributed by atoms with Gasteiger partial charge in [-0.1, -0.05) is 52.7 Å². The van der Waals surface area contributed by atoms with E-state index in [1.54, 1.807) is 17.3 Å². The molecule has 8 rings (SSSR count). The van der Waals surface area contributed by atoms with Gasteiger partial charge in [-0.2, -0.15) is 0 Å². The number of oxazole rings is 2. The molecule has 290 valence electrons. The first kappa shape index (κ1) is 36.8. The standard InChI is InChI=1S/C43H51N5O7/c1-6-25(3)20-37(49)47-18-8-10-31(47)39-44-24-36(55-39)28-12-14-29-34(22-28)53-33-15-13-27(21-30(33)43(29)16-17-43)35-23-45-40(54-35)32-11-9-19-48(32)41(50)38(26(4)7-2)46-42(51)52-5/h12-15,21-26,31-32,38H,6-11,16-20H2,1-5H3,(H,46,51). The first-order chi connectivity index (χ1) is 26.6. The lowest BCUT2D eigenvalue weighted by Crippen LogP contribution is -2.51. The van der Waals surface area contributed by atoms with Crippen LogP contribution < -0.4 is 10.1 Å². The van der Waals surface area contributed by atoms with E-state index in [0.717, 1.165) is 91.7 Å². The van der Waals surface area contributed by atoms with Crippen molar-refractivity contribution in [3.63, 3.8) is 0 Å². The number of ether oxygens (including phenoxy) is 2. The molecule has 12 heteroatoms. The molecule has 3 aliphatic heterocycles. The van der Waals surface area contributed by atoms with Crippen LogP contribution in [0.5, 0.6) is 11.5 Å². The highest BCUT2D eigenvalue weighted by molar-refractivity contribution is 5.86. The molecule has 1 spiro atoms. The monoisotopic (exact) mass is 749 g/mol. The molecule has 4 aliphatic rings. The molecular formula is C43H51N5O7. The molecule has 3 amide bonds. The summed E-state index contributed by atoms with van der Waals surface area (Å²) < 4.78 is 24.1. The van der Waals surface area contributed by atoms with Crippen LogP contribution in [0.1, 0.15) is 120 Å². The van der Waals surface area contributed by atoms with Gasteiger partial charge >= 0.3 is 6.09 Å². The number of alkyl carbamates (subject to hydrolysis) is 1. The van der Waals surface area contributed by atoms with Crippen LogP contribution in [-0.2, 0) is 19.7 Å². The van der Waals surface area contributed by atoms with Crippen LogP contribution in [0.3, 0.4) is 0 Å². The number of carbonyl (C=O) groups is 3. The highest BCUT2D eigenvalue weighted by atomic mass is 16.5. The number of amides is 3. The summed E-state index contributed by atoms with van der Waals surface area (Å²) in [5.74, 6) is 4.29. The van der Waals surface area contributed by atoms with Crippen molar-refractivity contribution in [2.24, 2.45) is 11.8 Å². The fourth-order valence-corrected chi connectivity index (χ4v) is 8.60. The van der Waals surface area contributed by atoms with Crippen molar-refractivity contribution in [2.45, 2.75) is 109 Å². The average Bonchev–Trinajstić information content (AvgIpc) is 3.77. The Kier molecular flexibility index (Phi) is 9.94. The summed E-state index contributed by atoms with van der Waals surface area (Å²) in [5, 5.41) is 2.75. The van der Waals surface area contributed by atoms with Crippen molar-refractivity contribution < 1.29 is 32.7 Å². The molecule has 2 aromatic heterocycles. The topological polar surface area (TPSA) is 140 Å². The van der Waals surface area contributed by atoms with Crippen molar-refractivity contribution in [2.75, 3.05) is 20.2 Å². The molecule has 5 unspecified atom stereocenters. The Labute approximate surface area is 322 Å². The number of carbonyl (C=O) groups excluding carboxylic acids is 3. The third-order valence-electron chi connectivity index (χ3n) is 12.4. The van der Waals surface area contributed by atoms with Gasteiger partial charge in [-0.3, -0.25) is 9.59 Å². The second kappa shape index (κ2) is 14.8. The predicted molar refractivity (Wildman–Crippen MR) is 204 cm³/mol. The lowest BCUT2D eigenvalue weighted by Gasteiger charge is -2.30. The molecule has 5 heterocycles. The van der Waals surface area contributed by atoms with E-state index in [1.165, 1.54) is 7.11 Å². The number of aromatic nitrogens is 2. The maximum atomic E-state index is 13.8. The second-order valence-corrected chi connectivity index (χ2v) is 15.9. The zero-order valence-electron chi connectivity index (χ0n) is 32.4. The number of fused-ring (bicyclic) bond motifs is 4. The number of nitrogens with one attached hydrogen (secondary N) is 1. The number of methoxy groups -OCH3 is 1. The van der Waals surface area contributed by atoms with Crippen LogP contribution in [0.15, 0.2) is 57.6 Å². The van der Waals surface area contributed by atoms with E-state index in [2.05, 4.69) is 47.3 Å². The quantitative estimate of drug-likeness (QED) is 0.159. The normalized spacial score (nSPS) is 21.0. The Morgan fingerprint density at radius 2 is 1.49 bits per heavy atom. The van der Waals surface area contributed by atoms with E-state index in [9.17, 15) is 14.4 Å². The molecule has 1 aliphatic carbocycles. The molecule has 2 aromatic carbocycles. The van der Waals surface area contributed by atoms with Gasteiger partial charge < -0.3 is 33.4 Å². The Balaban J connectivity index is 0.997. The van der Waals surface area contributed by atoms with Gasteiger partial charge in [0.15, 0.2) is 11.5 Å². The van der Waals surface area contributed by atoms with Crippen molar-refractivity contribution in [3.05, 3.63) is 71.7 Å².